The van der Waals surface area contributed by atoms with Gasteiger partial charge in [0, 0.05) is 0 Å². The molecule has 1 aromatic carbocycles. The van der Waals surface area contributed by atoms with Crippen LogP contribution in [0.2, 0.25) is 0 Å². The van der Waals surface area contributed by atoms with Crippen LogP contribution in [0, 0.1) is 12.7 Å². The van der Waals surface area contributed by atoms with Crippen molar-refractivity contribution in [3.05, 3.63) is 52.0 Å². The van der Waals surface area contributed by atoms with E-state index < -0.39 is 23.2 Å². The second-order valence-electron chi connectivity index (χ2n) is 5.41. The molecule has 3 N–H and O–H groups in total. The van der Waals surface area contributed by atoms with Crippen molar-refractivity contribution in [1.29, 1.82) is 0 Å². The van der Waals surface area contributed by atoms with Crippen molar-refractivity contribution >= 4 is 28.8 Å². The van der Waals surface area contributed by atoms with Crippen LogP contribution in [0.4, 0.5) is 10.1 Å². The third-order valence-electron chi connectivity index (χ3n) is 3.31. The van der Waals surface area contributed by atoms with Gasteiger partial charge in [-0.3, -0.25) is 9.59 Å². The number of aryl methyl sites for hydroxylation is 1. The average Bonchev–Trinajstić information content (AvgIpc) is 3.03. The molecule has 0 aliphatic heterocycles. The van der Waals surface area contributed by atoms with Crippen LogP contribution in [0.3, 0.4) is 0 Å². The monoisotopic (exact) mass is 336 g/mol. The molecular formula is C16H17FN2O3S. The van der Waals surface area contributed by atoms with E-state index in [0.717, 1.165) is 5.56 Å². The number of carbonyl (C=O) groups is 2. The molecule has 2 amide bonds. The summed E-state index contributed by atoms with van der Waals surface area (Å²) in [5.41, 5.74) is 0.0510. The fraction of sp³-hybridized carbons (Fsp3) is 0.250. The molecule has 2 rings (SSSR count). The normalized spacial score (nSPS) is 13.2. The first-order valence-electron chi connectivity index (χ1n) is 6.90. The van der Waals surface area contributed by atoms with Gasteiger partial charge in [0.25, 0.3) is 0 Å². The molecule has 0 fully saturated rings. The minimum Gasteiger partial charge on any atom is -0.384 e. The highest BCUT2D eigenvalue weighted by atomic mass is 32.1. The van der Waals surface area contributed by atoms with Gasteiger partial charge in [0.15, 0.2) is 0 Å². The van der Waals surface area contributed by atoms with Gasteiger partial charge in [0.05, 0.1) is 12.2 Å². The Hall–Kier alpha value is -2.25. The maximum Gasteiger partial charge on any atom is 0.313 e. The predicted octanol–water partition coefficient (Wildman–Crippen LogP) is 2.16. The van der Waals surface area contributed by atoms with Gasteiger partial charge in [-0.15, -0.1) is 0 Å². The number of hydrogen-bond donors (Lipinski definition) is 3. The lowest BCUT2D eigenvalue weighted by molar-refractivity contribution is -0.136. The molecule has 7 heteroatoms. The van der Waals surface area contributed by atoms with Crippen LogP contribution >= 0.6 is 11.3 Å². The van der Waals surface area contributed by atoms with E-state index in [2.05, 4.69) is 10.6 Å². The number of halogens is 1. The first-order valence-corrected chi connectivity index (χ1v) is 7.84. The lowest BCUT2D eigenvalue weighted by Gasteiger charge is -2.22. The van der Waals surface area contributed by atoms with Gasteiger partial charge in [-0.25, -0.2) is 4.39 Å². The quantitative estimate of drug-likeness (QED) is 0.749. The molecule has 5 nitrogen and oxygen atoms in total. The third kappa shape index (κ3) is 4.37. The summed E-state index contributed by atoms with van der Waals surface area (Å²) in [5.74, 6) is -2.56. The summed E-state index contributed by atoms with van der Waals surface area (Å²) in [5, 5.41) is 18.4. The summed E-state index contributed by atoms with van der Waals surface area (Å²) in [6.07, 6.45) is 0. The van der Waals surface area contributed by atoms with Gasteiger partial charge in [-0.2, -0.15) is 11.3 Å². The van der Waals surface area contributed by atoms with Gasteiger partial charge < -0.3 is 15.7 Å². The van der Waals surface area contributed by atoms with Gasteiger partial charge in [0.2, 0.25) is 0 Å². The molecule has 0 bridgehead atoms. The fourth-order valence-corrected chi connectivity index (χ4v) is 2.70. The largest absolute Gasteiger partial charge is 0.384 e. The van der Waals surface area contributed by atoms with Crippen LogP contribution in [0.5, 0.6) is 0 Å². The van der Waals surface area contributed by atoms with Crippen molar-refractivity contribution in [3.8, 4) is 0 Å². The number of rotatable bonds is 4. The summed E-state index contributed by atoms with van der Waals surface area (Å²) in [6.45, 7) is 3.15. The lowest BCUT2D eigenvalue weighted by Crippen LogP contribution is -2.43. The van der Waals surface area contributed by atoms with E-state index in [0.29, 0.717) is 5.56 Å². The molecule has 0 saturated heterocycles. The second-order valence-corrected chi connectivity index (χ2v) is 6.19. The molecule has 0 aliphatic rings. The maximum absolute atomic E-state index is 13.6. The fourth-order valence-electron chi connectivity index (χ4n) is 1.92. The molecule has 1 unspecified atom stereocenters. The van der Waals surface area contributed by atoms with Crippen molar-refractivity contribution < 1.29 is 19.1 Å². The summed E-state index contributed by atoms with van der Waals surface area (Å²) in [6, 6.07) is 5.94. The standard InChI is InChI=1S/C16H17FN2O3S/c1-10-3-4-12(17)13(7-10)19-15(21)14(20)18-9-16(2,22)11-5-6-23-8-11/h3-8,22H,9H2,1-2H3,(H,18,20)(H,19,21). The van der Waals surface area contributed by atoms with Crippen LogP contribution < -0.4 is 10.6 Å². The van der Waals surface area contributed by atoms with Crippen molar-refractivity contribution in [1.82, 2.24) is 5.32 Å². The highest BCUT2D eigenvalue weighted by Gasteiger charge is 2.26. The second kappa shape index (κ2) is 6.89. The Morgan fingerprint density at radius 2 is 2.04 bits per heavy atom. The minimum atomic E-state index is -1.29. The molecule has 0 spiro atoms. The molecule has 0 radical (unpaired) electrons. The number of nitrogens with one attached hydrogen (secondary N) is 2. The van der Waals surface area contributed by atoms with Gasteiger partial charge in [-0.05, 0) is 53.9 Å². The molecule has 122 valence electrons. The number of carbonyl (C=O) groups excluding carboxylic acids is 2. The van der Waals surface area contributed by atoms with Crippen molar-refractivity contribution in [2.24, 2.45) is 0 Å². The molecule has 0 saturated carbocycles. The zero-order valence-corrected chi connectivity index (χ0v) is 13.5. The molecule has 1 aromatic heterocycles. The maximum atomic E-state index is 13.6. The Balaban J connectivity index is 1.95. The molecule has 2 aromatic rings. The Bertz CT molecular complexity index is 714. The smallest absolute Gasteiger partial charge is 0.313 e. The van der Waals surface area contributed by atoms with Crippen LogP contribution in [-0.4, -0.2) is 23.5 Å². The first kappa shape index (κ1) is 17.1. The number of thiophene rings is 1. The molecular weight excluding hydrogens is 319 g/mol. The Morgan fingerprint density at radius 3 is 2.70 bits per heavy atom. The SMILES string of the molecule is Cc1ccc(F)c(NC(=O)C(=O)NCC(C)(O)c2ccsc2)c1. The van der Waals surface area contributed by atoms with Crippen LogP contribution in [-0.2, 0) is 15.2 Å². The van der Waals surface area contributed by atoms with Crippen molar-refractivity contribution in [3.63, 3.8) is 0 Å². The Labute approximate surface area is 137 Å². The first-order chi connectivity index (χ1) is 10.8. The number of anilines is 1. The number of hydrogen-bond acceptors (Lipinski definition) is 4. The van der Waals surface area contributed by atoms with E-state index in [9.17, 15) is 19.1 Å². The number of aliphatic hydroxyl groups is 1. The van der Waals surface area contributed by atoms with Crippen molar-refractivity contribution in [2.75, 3.05) is 11.9 Å². The van der Waals surface area contributed by atoms with E-state index in [1.54, 1.807) is 29.8 Å². The van der Waals surface area contributed by atoms with E-state index in [1.807, 2.05) is 0 Å². The minimum absolute atomic E-state index is 0.0604. The Morgan fingerprint density at radius 1 is 1.30 bits per heavy atom. The molecule has 1 heterocycles. The summed E-state index contributed by atoms with van der Waals surface area (Å²) < 4.78 is 13.6. The zero-order valence-electron chi connectivity index (χ0n) is 12.7. The lowest BCUT2D eigenvalue weighted by atomic mass is 9.99. The van der Waals surface area contributed by atoms with E-state index in [1.165, 1.54) is 30.4 Å². The van der Waals surface area contributed by atoms with Crippen LogP contribution in [0.15, 0.2) is 35.0 Å². The third-order valence-corrected chi connectivity index (χ3v) is 4.00. The van der Waals surface area contributed by atoms with E-state index >= 15 is 0 Å². The molecule has 1 atom stereocenters. The topological polar surface area (TPSA) is 78.4 Å². The average molecular weight is 336 g/mol. The van der Waals surface area contributed by atoms with E-state index in [-0.39, 0.29) is 12.2 Å². The summed E-state index contributed by atoms with van der Waals surface area (Å²) in [4.78, 5) is 23.6. The number of amides is 2. The number of benzene rings is 1. The highest BCUT2D eigenvalue weighted by Crippen LogP contribution is 2.22. The van der Waals surface area contributed by atoms with Crippen LogP contribution in [0.25, 0.3) is 0 Å². The predicted molar refractivity (Wildman–Crippen MR) is 86.7 cm³/mol. The Kier molecular flexibility index (Phi) is 5.12. The van der Waals surface area contributed by atoms with Gasteiger partial charge in [-0.1, -0.05) is 6.07 Å². The summed E-state index contributed by atoms with van der Waals surface area (Å²) in [7, 11) is 0. The van der Waals surface area contributed by atoms with Crippen LogP contribution in [0.1, 0.15) is 18.1 Å². The molecule has 23 heavy (non-hydrogen) atoms. The summed E-state index contributed by atoms with van der Waals surface area (Å²) >= 11 is 1.42. The highest BCUT2D eigenvalue weighted by molar-refractivity contribution is 7.08. The molecule has 0 aliphatic carbocycles. The van der Waals surface area contributed by atoms with Gasteiger partial charge in [0.1, 0.15) is 11.4 Å². The van der Waals surface area contributed by atoms with E-state index in [4.69, 9.17) is 0 Å². The van der Waals surface area contributed by atoms with Gasteiger partial charge >= 0.3 is 11.8 Å². The zero-order chi connectivity index (χ0) is 17.0. The van der Waals surface area contributed by atoms with Crippen molar-refractivity contribution in [2.45, 2.75) is 19.4 Å².